The summed E-state index contributed by atoms with van der Waals surface area (Å²) in [6, 6.07) is 0. The summed E-state index contributed by atoms with van der Waals surface area (Å²) in [5.74, 6) is -9.26. The Bertz CT molecular complexity index is 489. The van der Waals surface area contributed by atoms with Crippen molar-refractivity contribution in [2.24, 2.45) is 0 Å². The number of hydrogen-bond donors (Lipinski definition) is 0. The molecule has 1 radical (unpaired) electrons. The highest BCUT2D eigenvalue weighted by Crippen LogP contribution is 2.39. The molecule has 123 valence electrons. The largest absolute Gasteiger partial charge is 0.203 e. The summed E-state index contributed by atoms with van der Waals surface area (Å²) in [6.07, 6.45) is 3.47. The molecule has 0 heterocycles. The maximum atomic E-state index is 14.2. The monoisotopic (exact) mass is 319 g/mol. The van der Waals surface area contributed by atoms with Crippen LogP contribution in [0.2, 0.25) is 6.32 Å². The van der Waals surface area contributed by atoms with Gasteiger partial charge in [0.25, 0.3) is 0 Å². The number of hydrogen-bond acceptors (Lipinski definition) is 0. The Hall–Kier alpha value is -1.07. The number of benzene rings is 1. The Morgan fingerprint density at radius 2 is 1.27 bits per heavy atom. The van der Waals surface area contributed by atoms with E-state index < -0.39 is 40.0 Å². The Morgan fingerprint density at radius 3 is 1.68 bits per heavy atom. The number of rotatable bonds is 8. The van der Waals surface area contributed by atoms with Crippen molar-refractivity contribution in [3.8, 4) is 0 Å². The minimum Gasteiger partial charge on any atom is -0.203 e. The van der Waals surface area contributed by atoms with E-state index in [1.807, 2.05) is 13.8 Å². The van der Waals surface area contributed by atoms with Crippen LogP contribution in [0.4, 0.5) is 22.0 Å². The van der Waals surface area contributed by atoms with E-state index >= 15 is 0 Å². The molecule has 0 aliphatic carbocycles. The SMILES string of the molecule is CCCC[B]C(CC)(CCC)c1c(F)c(F)c(F)c(F)c1F. The highest BCUT2D eigenvalue weighted by atomic mass is 19.2. The smallest absolute Gasteiger partial charge is 0.200 e. The zero-order valence-electron chi connectivity index (χ0n) is 13.2. The lowest BCUT2D eigenvalue weighted by Crippen LogP contribution is -2.36. The first-order valence-electron chi connectivity index (χ1n) is 7.72. The van der Waals surface area contributed by atoms with Gasteiger partial charge in [0.1, 0.15) is 7.28 Å². The molecule has 0 spiro atoms. The fourth-order valence-electron chi connectivity index (χ4n) is 2.90. The Morgan fingerprint density at radius 1 is 0.773 bits per heavy atom. The van der Waals surface area contributed by atoms with Gasteiger partial charge in [0.2, 0.25) is 5.82 Å². The molecular weight excluding hydrogens is 298 g/mol. The second-order valence-corrected chi connectivity index (χ2v) is 5.55. The molecule has 6 heteroatoms. The number of halogens is 5. The van der Waals surface area contributed by atoms with Crippen LogP contribution in [-0.4, -0.2) is 7.28 Å². The van der Waals surface area contributed by atoms with Crippen molar-refractivity contribution < 1.29 is 22.0 Å². The first-order valence-corrected chi connectivity index (χ1v) is 7.72. The third kappa shape index (κ3) is 3.46. The molecule has 0 nitrogen and oxygen atoms in total. The van der Waals surface area contributed by atoms with Gasteiger partial charge in [-0.3, -0.25) is 0 Å². The van der Waals surface area contributed by atoms with Crippen molar-refractivity contribution in [1.29, 1.82) is 0 Å². The maximum Gasteiger partial charge on any atom is 0.200 e. The zero-order valence-corrected chi connectivity index (χ0v) is 13.2. The van der Waals surface area contributed by atoms with Crippen molar-refractivity contribution >= 4 is 7.28 Å². The van der Waals surface area contributed by atoms with Gasteiger partial charge in [-0.05, 0) is 5.31 Å². The van der Waals surface area contributed by atoms with Crippen LogP contribution in [0.15, 0.2) is 0 Å². The zero-order chi connectivity index (χ0) is 16.9. The van der Waals surface area contributed by atoms with Gasteiger partial charge in [-0.25, -0.2) is 22.0 Å². The summed E-state index contributed by atoms with van der Waals surface area (Å²) in [6.45, 7) is 5.50. The summed E-state index contributed by atoms with van der Waals surface area (Å²) >= 11 is 0. The summed E-state index contributed by atoms with van der Waals surface area (Å²) < 4.78 is 68.6. The maximum absolute atomic E-state index is 14.2. The summed E-state index contributed by atoms with van der Waals surface area (Å²) in [5.41, 5.74) is -0.690. The van der Waals surface area contributed by atoms with Crippen LogP contribution in [0.25, 0.3) is 0 Å². The van der Waals surface area contributed by atoms with Crippen LogP contribution in [0.5, 0.6) is 0 Å². The Labute approximate surface area is 129 Å². The highest BCUT2D eigenvalue weighted by Gasteiger charge is 2.39. The minimum atomic E-state index is -2.10. The summed E-state index contributed by atoms with van der Waals surface area (Å²) in [4.78, 5) is 0. The van der Waals surface area contributed by atoms with Crippen molar-refractivity contribution in [3.05, 3.63) is 34.6 Å². The average molecular weight is 319 g/mol. The van der Waals surface area contributed by atoms with Gasteiger partial charge in [-0.2, -0.15) is 0 Å². The van der Waals surface area contributed by atoms with Crippen molar-refractivity contribution in [2.45, 2.75) is 64.5 Å². The van der Waals surface area contributed by atoms with E-state index in [9.17, 15) is 22.0 Å². The molecule has 0 saturated carbocycles. The Kier molecular flexibility index (Phi) is 6.88. The lowest BCUT2D eigenvalue weighted by atomic mass is 9.44. The van der Waals surface area contributed by atoms with Gasteiger partial charge < -0.3 is 0 Å². The predicted octanol–water partition coefficient (Wildman–Crippen LogP) is 5.71. The van der Waals surface area contributed by atoms with E-state index in [1.54, 1.807) is 14.2 Å². The van der Waals surface area contributed by atoms with Crippen molar-refractivity contribution in [1.82, 2.24) is 0 Å². The fraction of sp³-hybridized carbons (Fsp3) is 0.625. The molecule has 0 amide bonds. The molecule has 0 fully saturated rings. The fourth-order valence-corrected chi connectivity index (χ4v) is 2.90. The van der Waals surface area contributed by atoms with Gasteiger partial charge in [-0.1, -0.05) is 59.2 Å². The molecule has 0 aromatic heterocycles. The molecule has 0 aliphatic rings. The van der Waals surface area contributed by atoms with E-state index in [0.717, 1.165) is 12.8 Å². The standard InChI is InChI=1S/C16H21BF5/c1-4-7-9-17-16(6-3,8-5-2)10-11(18)13(20)15(22)14(21)12(10)19/h4-9H2,1-3H3. The lowest BCUT2D eigenvalue weighted by molar-refractivity contribution is 0.350. The first-order chi connectivity index (χ1) is 10.4. The van der Waals surface area contributed by atoms with Crippen LogP contribution in [0.3, 0.4) is 0 Å². The van der Waals surface area contributed by atoms with Gasteiger partial charge >= 0.3 is 0 Å². The molecule has 0 aliphatic heterocycles. The molecular formula is C16H21BF5. The van der Waals surface area contributed by atoms with E-state index in [1.165, 1.54) is 0 Å². The molecule has 1 unspecified atom stereocenters. The van der Waals surface area contributed by atoms with Crippen molar-refractivity contribution in [3.63, 3.8) is 0 Å². The van der Waals surface area contributed by atoms with Crippen LogP contribution in [0, 0.1) is 29.1 Å². The van der Waals surface area contributed by atoms with Gasteiger partial charge in [-0.15, -0.1) is 0 Å². The molecule has 1 rings (SSSR count). The van der Waals surface area contributed by atoms with E-state index in [-0.39, 0.29) is 6.42 Å². The van der Waals surface area contributed by atoms with E-state index in [0.29, 0.717) is 19.2 Å². The normalized spacial score (nSPS) is 14.0. The quantitative estimate of drug-likeness (QED) is 0.189. The number of unbranched alkanes of at least 4 members (excludes halogenated alkanes) is 1. The average Bonchev–Trinajstić information content (AvgIpc) is 2.51. The van der Waals surface area contributed by atoms with Crippen molar-refractivity contribution in [2.75, 3.05) is 0 Å². The molecule has 1 atom stereocenters. The molecule has 1 aromatic carbocycles. The molecule has 22 heavy (non-hydrogen) atoms. The lowest BCUT2D eigenvalue weighted by Gasteiger charge is -2.34. The molecule has 0 saturated heterocycles. The molecule has 0 N–H and O–H groups in total. The van der Waals surface area contributed by atoms with E-state index in [4.69, 9.17) is 0 Å². The molecule has 1 aromatic rings. The predicted molar refractivity (Wildman–Crippen MR) is 78.6 cm³/mol. The second kappa shape index (κ2) is 7.98. The first kappa shape index (κ1) is 19.0. The van der Waals surface area contributed by atoms with Gasteiger partial charge in [0.05, 0.1) is 0 Å². The topological polar surface area (TPSA) is 0 Å². The van der Waals surface area contributed by atoms with Gasteiger partial charge in [0.15, 0.2) is 23.3 Å². The molecule has 0 bridgehead atoms. The third-order valence-corrected chi connectivity index (χ3v) is 4.13. The summed E-state index contributed by atoms with van der Waals surface area (Å²) in [7, 11) is 1.72. The van der Waals surface area contributed by atoms with E-state index in [2.05, 4.69) is 0 Å². The van der Waals surface area contributed by atoms with Crippen LogP contribution >= 0.6 is 0 Å². The van der Waals surface area contributed by atoms with Crippen LogP contribution < -0.4 is 0 Å². The van der Waals surface area contributed by atoms with Crippen LogP contribution in [-0.2, 0) is 5.31 Å². The highest BCUT2D eigenvalue weighted by molar-refractivity contribution is 6.40. The second-order valence-electron chi connectivity index (χ2n) is 5.55. The minimum absolute atomic E-state index is 0.281. The third-order valence-electron chi connectivity index (χ3n) is 4.13. The Balaban J connectivity index is 3.48. The summed E-state index contributed by atoms with van der Waals surface area (Å²) in [5, 5.41) is -1.13. The van der Waals surface area contributed by atoms with Gasteiger partial charge in [0, 0.05) is 5.56 Å². The van der Waals surface area contributed by atoms with Crippen LogP contribution in [0.1, 0.15) is 58.4 Å².